The van der Waals surface area contributed by atoms with Crippen molar-refractivity contribution in [2.45, 2.75) is 19.8 Å². The molecule has 4 heteroatoms. The zero-order valence-corrected chi connectivity index (χ0v) is 9.93. The summed E-state index contributed by atoms with van der Waals surface area (Å²) in [6.07, 6.45) is 4.71. The van der Waals surface area contributed by atoms with E-state index in [4.69, 9.17) is 0 Å². The minimum Gasteiger partial charge on any atom is -0.371 e. The average Bonchev–Trinajstić information content (AvgIpc) is 2.70. The summed E-state index contributed by atoms with van der Waals surface area (Å²) in [6.45, 7) is 4.31. The van der Waals surface area contributed by atoms with E-state index in [0.29, 0.717) is 0 Å². The summed E-state index contributed by atoms with van der Waals surface area (Å²) in [5, 5.41) is 10.3. The third-order valence-electron chi connectivity index (χ3n) is 2.98. The van der Waals surface area contributed by atoms with Crippen molar-refractivity contribution >= 4 is 11.8 Å². The van der Waals surface area contributed by atoms with Gasteiger partial charge in [0, 0.05) is 24.9 Å². The fourth-order valence-corrected chi connectivity index (χ4v) is 2.24. The van der Waals surface area contributed by atoms with Gasteiger partial charge in [0.1, 0.15) is 0 Å². The Morgan fingerprint density at radius 1 is 1.53 bits per heavy atom. The molecule has 0 radical (unpaired) electrons. The quantitative estimate of drug-likeness (QED) is 0.592. The second-order valence-electron chi connectivity index (χ2n) is 4.23. The Morgan fingerprint density at radius 2 is 2.35 bits per heavy atom. The van der Waals surface area contributed by atoms with Gasteiger partial charge >= 0.3 is 0 Å². The second-order valence-corrected chi connectivity index (χ2v) is 4.23. The van der Waals surface area contributed by atoms with Crippen LogP contribution in [0.25, 0.3) is 6.08 Å². The first-order valence-corrected chi connectivity index (χ1v) is 5.90. The lowest BCUT2D eigenvalue weighted by molar-refractivity contribution is -0.400. The van der Waals surface area contributed by atoms with Crippen LogP contribution in [0.2, 0.25) is 0 Å². The van der Waals surface area contributed by atoms with E-state index in [1.54, 1.807) is 6.08 Å². The molecule has 0 unspecified atom stereocenters. The first-order valence-electron chi connectivity index (χ1n) is 5.90. The minimum absolute atomic E-state index is 0.434. The van der Waals surface area contributed by atoms with E-state index in [0.717, 1.165) is 37.7 Å². The van der Waals surface area contributed by atoms with Gasteiger partial charge in [-0.2, -0.15) is 0 Å². The molecule has 1 aromatic carbocycles. The summed E-state index contributed by atoms with van der Waals surface area (Å²) in [7, 11) is 0. The molecule has 4 nitrogen and oxygen atoms in total. The molecule has 0 saturated heterocycles. The zero-order valence-electron chi connectivity index (χ0n) is 9.93. The van der Waals surface area contributed by atoms with Crippen molar-refractivity contribution in [3.8, 4) is 0 Å². The van der Waals surface area contributed by atoms with Crippen LogP contribution in [0.15, 0.2) is 24.4 Å². The Balaban J connectivity index is 2.19. The number of hydrogen-bond donors (Lipinski definition) is 0. The first kappa shape index (κ1) is 11.6. The Morgan fingerprint density at radius 3 is 3.06 bits per heavy atom. The van der Waals surface area contributed by atoms with Crippen LogP contribution >= 0.6 is 0 Å². The molecule has 1 heterocycles. The SMILES string of the molecule is CCCN1CCc2cc(C=C[N+](=O)[O-])ccc21. The molecule has 0 N–H and O–H groups in total. The molecule has 1 aliphatic rings. The Kier molecular flexibility index (Phi) is 3.42. The Labute approximate surface area is 101 Å². The third-order valence-corrected chi connectivity index (χ3v) is 2.98. The van der Waals surface area contributed by atoms with Crippen LogP contribution in [0.3, 0.4) is 0 Å². The van der Waals surface area contributed by atoms with Crippen molar-refractivity contribution in [1.82, 2.24) is 0 Å². The van der Waals surface area contributed by atoms with Gasteiger partial charge in [-0.25, -0.2) is 0 Å². The monoisotopic (exact) mass is 232 g/mol. The van der Waals surface area contributed by atoms with Gasteiger partial charge in [-0.3, -0.25) is 10.1 Å². The molecule has 0 fully saturated rings. The van der Waals surface area contributed by atoms with Crippen molar-refractivity contribution in [2.24, 2.45) is 0 Å². The lowest BCUT2D eigenvalue weighted by atomic mass is 10.1. The predicted molar refractivity (Wildman–Crippen MR) is 68.7 cm³/mol. The van der Waals surface area contributed by atoms with Crippen LogP contribution in [0, 0.1) is 10.1 Å². The van der Waals surface area contributed by atoms with E-state index in [1.807, 2.05) is 12.1 Å². The molecule has 0 aromatic heterocycles. The average molecular weight is 232 g/mol. The zero-order chi connectivity index (χ0) is 12.3. The van der Waals surface area contributed by atoms with Crippen molar-refractivity contribution in [3.05, 3.63) is 45.6 Å². The number of rotatable bonds is 4. The fourth-order valence-electron chi connectivity index (χ4n) is 2.24. The summed E-state index contributed by atoms with van der Waals surface area (Å²) in [6, 6.07) is 6.05. The van der Waals surface area contributed by atoms with Crippen molar-refractivity contribution < 1.29 is 4.92 Å². The smallest absolute Gasteiger partial charge is 0.235 e. The van der Waals surface area contributed by atoms with E-state index >= 15 is 0 Å². The maximum Gasteiger partial charge on any atom is 0.235 e. The Hall–Kier alpha value is -1.84. The third kappa shape index (κ3) is 2.64. The van der Waals surface area contributed by atoms with Gasteiger partial charge in [0.2, 0.25) is 6.20 Å². The normalized spacial score (nSPS) is 14.3. The summed E-state index contributed by atoms with van der Waals surface area (Å²) in [5.74, 6) is 0. The van der Waals surface area contributed by atoms with E-state index in [-0.39, 0.29) is 0 Å². The summed E-state index contributed by atoms with van der Waals surface area (Å²) >= 11 is 0. The summed E-state index contributed by atoms with van der Waals surface area (Å²) < 4.78 is 0. The predicted octanol–water partition coefficient (Wildman–Crippen LogP) is 2.71. The summed E-state index contributed by atoms with van der Waals surface area (Å²) in [5.41, 5.74) is 3.48. The molecule has 90 valence electrons. The van der Waals surface area contributed by atoms with Gasteiger partial charge in [0.25, 0.3) is 0 Å². The molecular weight excluding hydrogens is 216 g/mol. The molecule has 1 aromatic rings. The highest BCUT2D eigenvalue weighted by atomic mass is 16.6. The summed E-state index contributed by atoms with van der Waals surface area (Å²) in [4.78, 5) is 12.2. The van der Waals surface area contributed by atoms with Crippen LogP contribution in [0.5, 0.6) is 0 Å². The van der Waals surface area contributed by atoms with E-state index in [2.05, 4.69) is 17.9 Å². The molecule has 0 amide bonds. The number of anilines is 1. The topological polar surface area (TPSA) is 46.4 Å². The Bertz CT molecular complexity index is 455. The molecule has 0 aliphatic carbocycles. The lowest BCUT2D eigenvalue weighted by Gasteiger charge is -2.18. The number of hydrogen-bond acceptors (Lipinski definition) is 3. The molecule has 0 saturated carbocycles. The van der Waals surface area contributed by atoms with E-state index in [9.17, 15) is 10.1 Å². The number of nitrogens with zero attached hydrogens (tertiary/aromatic N) is 2. The maximum absolute atomic E-state index is 10.3. The molecule has 1 aliphatic heterocycles. The molecule has 0 bridgehead atoms. The van der Waals surface area contributed by atoms with Crippen LogP contribution in [0.1, 0.15) is 24.5 Å². The highest BCUT2D eigenvalue weighted by Crippen LogP contribution is 2.29. The standard InChI is InChI=1S/C13H16N2O2/c1-2-7-14-8-6-12-10-11(3-4-13(12)14)5-9-15(16)17/h3-5,9-10H,2,6-8H2,1H3. The molecule has 2 rings (SSSR count). The van der Waals surface area contributed by atoms with Crippen LogP contribution in [-0.2, 0) is 6.42 Å². The molecule has 17 heavy (non-hydrogen) atoms. The number of nitro groups is 1. The highest BCUT2D eigenvalue weighted by molar-refractivity contribution is 5.63. The lowest BCUT2D eigenvalue weighted by Crippen LogP contribution is -2.20. The largest absolute Gasteiger partial charge is 0.371 e. The van der Waals surface area contributed by atoms with Crippen molar-refractivity contribution in [1.29, 1.82) is 0 Å². The van der Waals surface area contributed by atoms with Crippen LogP contribution in [0.4, 0.5) is 5.69 Å². The molecule has 0 atom stereocenters. The van der Waals surface area contributed by atoms with Gasteiger partial charge in [-0.15, -0.1) is 0 Å². The van der Waals surface area contributed by atoms with Gasteiger partial charge in [0.15, 0.2) is 0 Å². The highest BCUT2D eigenvalue weighted by Gasteiger charge is 2.17. The minimum atomic E-state index is -0.434. The van der Waals surface area contributed by atoms with Gasteiger partial charge in [-0.1, -0.05) is 13.0 Å². The van der Waals surface area contributed by atoms with Crippen LogP contribution in [-0.4, -0.2) is 18.0 Å². The number of fused-ring (bicyclic) bond motifs is 1. The van der Waals surface area contributed by atoms with Gasteiger partial charge < -0.3 is 4.90 Å². The first-order chi connectivity index (χ1) is 8.20. The molecular formula is C13H16N2O2. The second kappa shape index (κ2) is 4.99. The number of benzene rings is 1. The van der Waals surface area contributed by atoms with Crippen molar-refractivity contribution in [2.75, 3.05) is 18.0 Å². The van der Waals surface area contributed by atoms with E-state index in [1.165, 1.54) is 11.3 Å². The maximum atomic E-state index is 10.3. The van der Waals surface area contributed by atoms with Gasteiger partial charge in [0.05, 0.1) is 4.92 Å². The molecule has 0 spiro atoms. The van der Waals surface area contributed by atoms with E-state index < -0.39 is 4.92 Å². The fraction of sp³-hybridized carbons (Fsp3) is 0.385. The van der Waals surface area contributed by atoms with Crippen molar-refractivity contribution in [3.63, 3.8) is 0 Å². The van der Waals surface area contributed by atoms with Crippen LogP contribution < -0.4 is 4.90 Å². The van der Waals surface area contributed by atoms with Gasteiger partial charge in [-0.05, 0) is 36.1 Å².